The van der Waals surface area contributed by atoms with E-state index in [1.165, 1.54) is 18.7 Å². The Labute approximate surface area is 153 Å². The van der Waals surface area contributed by atoms with Gasteiger partial charge in [-0.05, 0) is 17.5 Å². The highest BCUT2D eigenvalue weighted by Gasteiger charge is 2.84. The third-order valence-corrected chi connectivity index (χ3v) is 7.12. The van der Waals surface area contributed by atoms with E-state index in [0.29, 0.717) is 0 Å². The zero-order valence-corrected chi connectivity index (χ0v) is 16.7. The zero-order chi connectivity index (χ0) is 18.7. The topological polar surface area (TPSA) is 54.0 Å². The molecule has 0 aromatic heterocycles. The average molecular weight is 366 g/mol. The smallest absolute Gasteiger partial charge is 0.303 e. The summed E-state index contributed by atoms with van der Waals surface area (Å²) in [4.78, 5) is 22.6. The van der Waals surface area contributed by atoms with Gasteiger partial charge in [-0.15, -0.1) is 0 Å². The lowest BCUT2D eigenvalue weighted by atomic mass is 9.57. The fraction of sp³-hybridized carbons (Fsp3) is 0.632. The summed E-state index contributed by atoms with van der Waals surface area (Å²) in [5, 5.41) is 0. The number of methoxy groups -OCH3 is 1. The van der Waals surface area contributed by atoms with Gasteiger partial charge in [0, 0.05) is 17.9 Å². The molecule has 0 saturated carbocycles. The van der Waals surface area contributed by atoms with Crippen LogP contribution in [-0.4, -0.2) is 24.1 Å². The monoisotopic (exact) mass is 366 g/mol. The second-order valence-corrected chi connectivity index (χ2v) is 9.47. The number of esters is 1. The molecule has 2 aliphatic rings. The Balaban J connectivity index is 2.18. The third-order valence-electron chi connectivity index (χ3n) is 5.30. The van der Waals surface area contributed by atoms with Gasteiger partial charge in [-0.2, -0.15) is 0 Å². The minimum atomic E-state index is -0.774. The van der Waals surface area contributed by atoms with Gasteiger partial charge in [0.25, 0.3) is 0 Å². The van der Waals surface area contributed by atoms with Crippen LogP contribution in [0.15, 0.2) is 24.3 Å². The molecule has 2 fully saturated rings. The van der Waals surface area contributed by atoms with E-state index in [2.05, 4.69) is 34.6 Å². The number of ether oxygens (including phenoxy) is 2. The predicted octanol–water partition coefficient (Wildman–Crippen LogP) is 4.26. The van der Waals surface area contributed by atoms with E-state index in [9.17, 15) is 4.79 Å². The molecule has 3 atom stereocenters. The highest BCUT2D eigenvalue weighted by Crippen LogP contribution is 2.76. The lowest BCUT2D eigenvalue weighted by Crippen LogP contribution is -2.72. The maximum atomic E-state index is 11.7. The number of fused-ring (bicyclic) bond motifs is 1. The molecule has 138 valence electrons. The first-order chi connectivity index (χ1) is 11.5. The molecule has 25 heavy (non-hydrogen) atoms. The van der Waals surface area contributed by atoms with Crippen LogP contribution in [0.3, 0.4) is 0 Å². The molecule has 0 spiro atoms. The first kappa shape index (κ1) is 18.5. The largest absolute Gasteiger partial charge is 0.497 e. The maximum absolute atomic E-state index is 11.7. The van der Waals surface area contributed by atoms with Gasteiger partial charge in [-0.3, -0.25) is 4.79 Å². The maximum Gasteiger partial charge on any atom is 0.303 e. The van der Waals surface area contributed by atoms with Crippen LogP contribution in [0, 0.1) is 10.8 Å². The number of thioether (sulfide) groups is 1. The summed E-state index contributed by atoms with van der Waals surface area (Å²) in [6.45, 7) is 12.0. The summed E-state index contributed by atoms with van der Waals surface area (Å²) in [6.07, 6.45) is 0. The first-order valence-corrected chi connectivity index (χ1v) is 9.26. The number of benzene rings is 1. The number of hydrogen-bond donors (Lipinski definition) is 0. The highest BCUT2D eigenvalue weighted by atomic mass is 32.2. The molecule has 3 rings (SSSR count). The van der Waals surface area contributed by atoms with Gasteiger partial charge in [0.05, 0.1) is 7.11 Å². The summed E-state index contributed by atoms with van der Waals surface area (Å²) in [5.41, 5.74) is -0.856. The second-order valence-electron chi connectivity index (χ2n) is 8.23. The Hall–Kier alpha value is -1.24. The van der Waals surface area contributed by atoms with Crippen molar-refractivity contribution in [1.29, 1.82) is 0 Å². The van der Waals surface area contributed by atoms with Crippen LogP contribution in [0.5, 0.6) is 5.75 Å². The number of carbonyl (C=O) groups is 1. The van der Waals surface area contributed by atoms with Crippen molar-refractivity contribution >= 4 is 17.7 Å². The number of rotatable bonds is 3. The van der Waals surface area contributed by atoms with E-state index in [-0.39, 0.29) is 11.4 Å². The molecule has 0 radical (unpaired) electrons. The number of hydrogen-bond acceptors (Lipinski definition) is 6. The van der Waals surface area contributed by atoms with Crippen LogP contribution >= 0.6 is 11.8 Å². The second kappa shape index (κ2) is 5.63. The Morgan fingerprint density at radius 3 is 2.40 bits per heavy atom. The van der Waals surface area contributed by atoms with Crippen LogP contribution in [0.25, 0.3) is 0 Å². The lowest BCUT2D eigenvalue weighted by molar-refractivity contribution is -0.568. The van der Waals surface area contributed by atoms with E-state index in [1.54, 1.807) is 7.11 Å². The third kappa shape index (κ3) is 2.27. The molecule has 6 heteroatoms. The molecule has 0 aliphatic carbocycles. The van der Waals surface area contributed by atoms with Crippen LogP contribution in [0.2, 0.25) is 0 Å². The summed E-state index contributed by atoms with van der Waals surface area (Å²) >= 11 is 1.50. The van der Waals surface area contributed by atoms with E-state index in [0.717, 1.165) is 11.3 Å². The van der Waals surface area contributed by atoms with Gasteiger partial charge in [0.15, 0.2) is 11.0 Å². The van der Waals surface area contributed by atoms with Crippen molar-refractivity contribution in [3.05, 3.63) is 29.8 Å². The molecule has 2 saturated heterocycles. The van der Waals surface area contributed by atoms with Crippen LogP contribution in [0.1, 0.15) is 47.1 Å². The predicted molar refractivity (Wildman–Crippen MR) is 96.0 cm³/mol. The van der Waals surface area contributed by atoms with Crippen molar-refractivity contribution in [3.63, 3.8) is 0 Å². The fourth-order valence-corrected chi connectivity index (χ4v) is 6.40. The van der Waals surface area contributed by atoms with Crippen molar-refractivity contribution in [3.8, 4) is 5.75 Å². The molecule has 3 unspecified atom stereocenters. The highest BCUT2D eigenvalue weighted by molar-refractivity contribution is 8.01. The van der Waals surface area contributed by atoms with E-state index < -0.39 is 21.4 Å². The van der Waals surface area contributed by atoms with Crippen molar-refractivity contribution in [2.75, 3.05) is 7.11 Å². The summed E-state index contributed by atoms with van der Waals surface area (Å²) in [7, 11) is 1.64. The molecule has 1 aromatic rings. The van der Waals surface area contributed by atoms with Crippen molar-refractivity contribution < 1.29 is 24.0 Å². The van der Waals surface area contributed by atoms with Gasteiger partial charge >= 0.3 is 5.97 Å². The van der Waals surface area contributed by atoms with E-state index in [1.807, 2.05) is 24.3 Å². The molecule has 0 amide bonds. The molecular weight excluding hydrogens is 340 g/mol. The molecule has 1 aromatic carbocycles. The molecule has 5 nitrogen and oxygen atoms in total. The molecular formula is C19H26O5S. The molecule has 2 heterocycles. The molecule has 2 aliphatic heterocycles. The lowest BCUT2D eigenvalue weighted by Gasteiger charge is -2.62. The summed E-state index contributed by atoms with van der Waals surface area (Å²) in [6, 6.07) is 7.80. The number of carbonyl (C=O) groups excluding carboxylic acids is 1. The van der Waals surface area contributed by atoms with Gasteiger partial charge in [-0.25, -0.2) is 9.78 Å². The van der Waals surface area contributed by atoms with E-state index >= 15 is 0 Å². The Kier molecular flexibility index (Phi) is 4.18. The van der Waals surface area contributed by atoms with Gasteiger partial charge in [0.1, 0.15) is 5.75 Å². The van der Waals surface area contributed by atoms with Crippen molar-refractivity contribution in [2.24, 2.45) is 10.8 Å². The van der Waals surface area contributed by atoms with Gasteiger partial charge in [-0.1, -0.05) is 58.5 Å². The van der Waals surface area contributed by atoms with E-state index in [4.69, 9.17) is 19.2 Å². The summed E-state index contributed by atoms with van der Waals surface area (Å²) < 4.78 is 11.1. The molecule has 0 N–H and O–H groups in total. The van der Waals surface area contributed by atoms with Crippen LogP contribution < -0.4 is 4.74 Å². The Morgan fingerprint density at radius 2 is 1.92 bits per heavy atom. The standard InChI is InChI=1S/C19H26O5S/c1-12(20)22-15-17(5,6)19(16(2,3)4)18(25-15,23-24-19)13-9-8-10-14(11-13)21-7/h8-11,15H,1-7H3. The zero-order valence-electron chi connectivity index (χ0n) is 15.8. The SMILES string of the molecule is COc1cccc(C23OOC2(C(C)(C)C)C(C)(C)C(OC(C)=O)S3)c1. The van der Waals surface area contributed by atoms with Crippen LogP contribution in [-0.2, 0) is 24.2 Å². The van der Waals surface area contributed by atoms with Gasteiger partial charge < -0.3 is 9.47 Å². The van der Waals surface area contributed by atoms with Crippen molar-refractivity contribution in [1.82, 2.24) is 0 Å². The first-order valence-electron chi connectivity index (χ1n) is 8.38. The molecule has 0 bridgehead atoms. The minimum absolute atomic E-state index is 0.264. The fourth-order valence-electron chi connectivity index (χ4n) is 4.35. The van der Waals surface area contributed by atoms with Crippen LogP contribution in [0.4, 0.5) is 0 Å². The van der Waals surface area contributed by atoms with Crippen molar-refractivity contribution in [2.45, 2.75) is 57.5 Å². The average Bonchev–Trinajstić information content (AvgIpc) is 2.60. The Bertz CT molecular complexity index is 695. The minimum Gasteiger partial charge on any atom is -0.497 e. The van der Waals surface area contributed by atoms with Gasteiger partial charge in [0.2, 0.25) is 4.93 Å². The Morgan fingerprint density at radius 1 is 1.24 bits per heavy atom. The quantitative estimate of drug-likeness (QED) is 0.589. The normalized spacial score (nSPS) is 33.3. The summed E-state index contributed by atoms with van der Waals surface area (Å²) in [5.74, 6) is 0.441.